The minimum atomic E-state index is 0.364. The van der Waals surface area contributed by atoms with Crippen molar-refractivity contribution >= 4 is 17.6 Å². The van der Waals surface area contributed by atoms with Gasteiger partial charge in [-0.15, -0.1) is 11.8 Å². The van der Waals surface area contributed by atoms with E-state index < -0.39 is 0 Å². The number of anilines is 1. The molecular formula is C16H19N3OS. The van der Waals surface area contributed by atoms with E-state index in [0.29, 0.717) is 6.10 Å². The van der Waals surface area contributed by atoms with Gasteiger partial charge in [0.1, 0.15) is 10.8 Å². The Balaban J connectivity index is 1.79. The van der Waals surface area contributed by atoms with Crippen LogP contribution in [0.25, 0.3) is 11.4 Å². The van der Waals surface area contributed by atoms with E-state index in [1.807, 2.05) is 43.4 Å². The molecule has 5 heteroatoms. The Hall–Kier alpha value is -1.59. The summed E-state index contributed by atoms with van der Waals surface area (Å²) in [4.78, 5) is 9.20. The lowest BCUT2D eigenvalue weighted by Gasteiger charge is -2.10. The first-order valence-electron chi connectivity index (χ1n) is 7.22. The molecule has 1 aliphatic rings. The van der Waals surface area contributed by atoms with Gasteiger partial charge in [0, 0.05) is 31.0 Å². The minimum absolute atomic E-state index is 0.364. The standard InChI is InChI=1S/C16H19N3OS/c1-17-14-10-15(21-11-13-8-5-9-20-13)19-16(18-14)12-6-3-2-4-7-12/h2-4,6-7,10,13H,5,8-9,11H2,1H3,(H,17,18,19). The monoisotopic (exact) mass is 301 g/mol. The summed E-state index contributed by atoms with van der Waals surface area (Å²) in [5.74, 6) is 2.56. The van der Waals surface area contributed by atoms with Crippen LogP contribution in [0.4, 0.5) is 5.82 Å². The van der Waals surface area contributed by atoms with E-state index in [9.17, 15) is 0 Å². The summed E-state index contributed by atoms with van der Waals surface area (Å²) in [6.45, 7) is 0.895. The van der Waals surface area contributed by atoms with Crippen LogP contribution in [0.1, 0.15) is 12.8 Å². The molecule has 1 atom stereocenters. The number of hydrogen-bond donors (Lipinski definition) is 1. The molecule has 1 aromatic carbocycles. The number of thioether (sulfide) groups is 1. The zero-order chi connectivity index (χ0) is 14.5. The van der Waals surface area contributed by atoms with E-state index in [2.05, 4.69) is 15.3 Å². The van der Waals surface area contributed by atoms with Crippen molar-refractivity contribution in [3.05, 3.63) is 36.4 Å². The molecule has 1 aliphatic heterocycles. The maximum Gasteiger partial charge on any atom is 0.162 e. The van der Waals surface area contributed by atoms with Crippen LogP contribution in [0.3, 0.4) is 0 Å². The number of rotatable bonds is 5. The maximum absolute atomic E-state index is 5.67. The quantitative estimate of drug-likeness (QED) is 0.677. The summed E-state index contributed by atoms with van der Waals surface area (Å²) >= 11 is 1.74. The highest BCUT2D eigenvalue weighted by Gasteiger charge is 2.16. The van der Waals surface area contributed by atoms with Gasteiger partial charge in [-0.25, -0.2) is 9.97 Å². The molecule has 1 unspecified atom stereocenters. The molecule has 3 rings (SSSR count). The zero-order valence-electron chi connectivity index (χ0n) is 12.1. The summed E-state index contributed by atoms with van der Waals surface area (Å²) in [7, 11) is 1.88. The Kier molecular flexibility index (Phi) is 4.72. The van der Waals surface area contributed by atoms with Crippen molar-refractivity contribution in [1.82, 2.24) is 9.97 Å². The summed E-state index contributed by atoms with van der Waals surface area (Å²) in [5, 5.41) is 4.10. The van der Waals surface area contributed by atoms with E-state index in [0.717, 1.165) is 41.0 Å². The number of nitrogens with zero attached hydrogens (tertiary/aromatic N) is 2. The fraction of sp³-hybridized carbons (Fsp3) is 0.375. The first-order valence-corrected chi connectivity index (χ1v) is 8.20. The lowest BCUT2D eigenvalue weighted by atomic mass is 10.2. The highest BCUT2D eigenvalue weighted by Crippen LogP contribution is 2.26. The van der Waals surface area contributed by atoms with E-state index in [-0.39, 0.29) is 0 Å². The second kappa shape index (κ2) is 6.91. The smallest absolute Gasteiger partial charge is 0.162 e. The average Bonchev–Trinajstić information content (AvgIpc) is 3.07. The van der Waals surface area contributed by atoms with Crippen molar-refractivity contribution in [3.8, 4) is 11.4 Å². The third-order valence-corrected chi connectivity index (χ3v) is 4.48. The molecule has 2 aromatic rings. The Morgan fingerprint density at radius 2 is 2.14 bits per heavy atom. The molecule has 1 aromatic heterocycles. The summed E-state index contributed by atoms with van der Waals surface area (Å²) in [6.07, 6.45) is 2.69. The van der Waals surface area contributed by atoms with Gasteiger partial charge in [-0.3, -0.25) is 0 Å². The number of nitrogens with one attached hydrogen (secondary N) is 1. The van der Waals surface area contributed by atoms with Crippen molar-refractivity contribution in [1.29, 1.82) is 0 Å². The van der Waals surface area contributed by atoms with Crippen LogP contribution in [0.2, 0.25) is 0 Å². The van der Waals surface area contributed by atoms with Crippen LogP contribution in [0, 0.1) is 0 Å². The van der Waals surface area contributed by atoms with Gasteiger partial charge in [-0.05, 0) is 12.8 Å². The summed E-state index contributed by atoms with van der Waals surface area (Å²) < 4.78 is 5.67. The van der Waals surface area contributed by atoms with Crippen molar-refractivity contribution in [3.63, 3.8) is 0 Å². The molecule has 21 heavy (non-hydrogen) atoms. The van der Waals surface area contributed by atoms with E-state index >= 15 is 0 Å². The van der Waals surface area contributed by atoms with E-state index in [4.69, 9.17) is 4.74 Å². The van der Waals surface area contributed by atoms with Crippen molar-refractivity contribution < 1.29 is 4.74 Å². The van der Waals surface area contributed by atoms with Crippen molar-refractivity contribution in [2.45, 2.75) is 24.0 Å². The highest BCUT2D eigenvalue weighted by molar-refractivity contribution is 7.99. The van der Waals surface area contributed by atoms with E-state index in [1.165, 1.54) is 6.42 Å². The molecule has 110 valence electrons. The molecule has 4 nitrogen and oxygen atoms in total. The SMILES string of the molecule is CNc1cc(SCC2CCCO2)nc(-c2ccccc2)n1. The van der Waals surface area contributed by atoms with Gasteiger partial charge in [-0.1, -0.05) is 30.3 Å². The first-order chi connectivity index (χ1) is 10.3. The third-order valence-electron chi connectivity index (χ3n) is 3.43. The Bertz CT molecular complexity index is 585. The topological polar surface area (TPSA) is 47.0 Å². The normalized spacial score (nSPS) is 17.9. The Morgan fingerprint density at radius 3 is 2.86 bits per heavy atom. The molecule has 1 saturated heterocycles. The Morgan fingerprint density at radius 1 is 1.29 bits per heavy atom. The number of ether oxygens (including phenoxy) is 1. The first kappa shape index (κ1) is 14.4. The van der Waals surface area contributed by atoms with Crippen LogP contribution in [0.5, 0.6) is 0 Å². The fourth-order valence-corrected chi connectivity index (χ4v) is 3.26. The van der Waals surface area contributed by atoms with Gasteiger partial charge in [-0.2, -0.15) is 0 Å². The molecule has 0 bridgehead atoms. The largest absolute Gasteiger partial charge is 0.377 e. The molecule has 0 amide bonds. The predicted molar refractivity (Wildman–Crippen MR) is 86.7 cm³/mol. The third kappa shape index (κ3) is 3.74. The van der Waals surface area contributed by atoms with Gasteiger partial charge >= 0.3 is 0 Å². The van der Waals surface area contributed by atoms with Crippen molar-refractivity contribution in [2.24, 2.45) is 0 Å². The highest BCUT2D eigenvalue weighted by atomic mass is 32.2. The summed E-state index contributed by atoms with van der Waals surface area (Å²) in [5.41, 5.74) is 1.04. The van der Waals surface area contributed by atoms with Crippen molar-refractivity contribution in [2.75, 3.05) is 24.7 Å². The lowest BCUT2D eigenvalue weighted by molar-refractivity contribution is 0.129. The van der Waals surface area contributed by atoms with Crippen LogP contribution in [-0.4, -0.2) is 35.5 Å². The molecule has 2 heterocycles. The zero-order valence-corrected chi connectivity index (χ0v) is 12.9. The van der Waals surface area contributed by atoms with E-state index in [1.54, 1.807) is 11.8 Å². The lowest BCUT2D eigenvalue weighted by Crippen LogP contribution is -2.08. The minimum Gasteiger partial charge on any atom is -0.377 e. The van der Waals surface area contributed by atoms with Gasteiger partial charge in [0.15, 0.2) is 5.82 Å². The molecule has 0 spiro atoms. The number of aromatic nitrogens is 2. The molecule has 0 saturated carbocycles. The second-order valence-corrected chi connectivity index (χ2v) is 6.02. The summed E-state index contributed by atoms with van der Waals surface area (Å²) in [6, 6.07) is 12.1. The molecule has 0 aliphatic carbocycles. The number of benzene rings is 1. The molecular weight excluding hydrogens is 282 g/mol. The maximum atomic E-state index is 5.67. The van der Waals surface area contributed by atoms with Crippen LogP contribution in [0.15, 0.2) is 41.4 Å². The van der Waals surface area contributed by atoms with Crippen LogP contribution in [-0.2, 0) is 4.74 Å². The Labute approximate surface area is 129 Å². The van der Waals surface area contributed by atoms with Gasteiger partial charge < -0.3 is 10.1 Å². The van der Waals surface area contributed by atoms with Gasteiger partial charge in [0.2, 0.25) is 0 Å². The van der Waals surface area contributed by atoms with Gasteiger partial charge in [0.05, 0.1) is 6.10 Å². The molecule has 0 radical (unpaired) electrons. The fourth-order valence-electron chi connectivity index (χ4n) is 2.30. The number of hydrogen-bond acceptors (Lipinski definition) is 5. The average molecular weight is 301 g/mol. The van der Waals surface area contributed by atoms with Crippen LogP contribution < -0.4 is 5.32 Å². The molecule has 1 N–H and O–H groups in total. The van der Waals surface area contributed by atoms with Gasteiger partial charge in [0.25, 0.3) is 0 Å². The molecule has 1 fully saturated rings. The predicted octanol–water partition coefficient (Wildman–Crippen LogP) is 3.46. The second-order valence-electron chi connectivity index (χ2n) is 4.98. The van der Waals surface area contributed by atoms with Crippen LogP contribution >= 0.6 is 11.8 Å².